The Bertz CT molecular complexity index is 531. The van der Waals surface area contributed by atoms with Crippen LogP contribution in [0, 0.1) is 5.92 Å². The lowest BCUT2D eigenvalue weighted by atomic mass is 10.2. The number of rotatable bonds is 4. The van der Waals surface area contributed by atoms with E-state index in [1.807, 2.05) is 4.90 Å². The highest BCUT2D eigenvalue weighted by Crippen LogP contribution is 2.31. The molecule has 2 amide bonds. The van der Waals surface area contributed by atoms with Crippen molar-refractivity contribution in [2.24, 2.45) is 11.7 Å². The van der Waals surface area contributed by atoms with Gasteiger partial charge in [-0.2, -0.15) is 0 Å². The monoisotopic (exact) mass is 292 g/mol. The molecule has 3 rings (SSSR count). The summed E-state index contributed by atoms with van der Waals surface area (Å²) in [5.41, 5.74) is 6.13. The fourth-order valence-electron chi connectivity index (χ4n) is 2.51. The Morgan fingerprint density at radius 1 is 1.19 bits per heavy atom. The average molecular weight is 292 g/mol. The minimum atomic E-state index is 0.00184. The van der Waals surface area contributed by atoms with Crippen molar-refractivity contribution in [3.8, 4) is 0 Å². The van der Waals surface area contributed by atoms with Crippen LogP contribution in [-0.4, -0.2) is 62.8 Å². The Hall–Kier alpha value is -1.96. The molecule has 2 fully saturated rings. The van der Waals surface area contributed by atoms with E-state index in [4.69, 9.17) is 5.73 Å². The summed E-state index contributed by atoms with van der Waals surface area (Å²) in [6.45, 7) is 2.93. The van der Waals surface area contributed by atoms with Crippen molar-refractivity contribution < 1.29 is 9.59 Å². The molecule has 1 saturated carbocycles. The van der Waals surface area contributed by atoms with Gasteiger partial charge in [-0.1, -0.05) is 5.21 Å². The van der Waals surface area contributed by atoms with Gasteiger partial charge in [0.1, 0.15) is 6.54 Å². The molecule has 0 unspecified atom stereocenters. The van der Waals surface area contributed by atoms with Gasteiger partial charge in [-0.3, -0.25) is 9.59 Å². The van der Waals surface area contributed by atoms with Crippen LogP contribution in [0.3, 0.4) is 0 Å². The molecule has 21 heavy (non-hydrogen) atoms. The summed E-state index contributed by atoms with van der Waals surface area (Å²) >= 11 is 0. The van der Waals surface area contributed by atoms with Crippen LogP contribution in [0.25, 0.3) is 0 Å². The Morgan fingerprint density at radius 3 is 2.43 bits per heavy atom. The molecular weight excluding hydrogens is 272 g/mol. The highest BCUT2D eigenvalue weighted by molar-refractivity contribution is 5.81. The van der Waals surface area contributed by atoms with E-state index >= 15 is 0 Å². The Balaban J connectivity index is 1.49. The molecule has 8 heteroatoms. The van der Waals surface area contributed by atoms with Gasteiger partial charge in [-0.25, -0.2) is 4.68 Å². The largest absolute Gasteiger partial charge is 0.339 e. The maximum absolute atomic E-state index is 12.2. The molecule has 1 aliphatic heterocycles. The number of piperazine rings is 1. The van der Waals surface area contributed by atoms with Crippen LogP contribution < -0.4 is 5.73 Å². The minimum absolute atomic E-state index is 0.00184. The zero-order valence-corrected chi connectivity index (χ0v) is 11.9. The molecule has 1 aromatic heterocycles. The molecule has 2 N–H and O–H groups in total. The molecule has 2 heterocycles. The summed E-state index contributed by atoms with van der Waals surface area (Å²) in [5, 5.41) is 7.73. The second kappa shape index (κ2) is 5.80. The predicted octanol–water partition coefficient (Wildman–Crippen LogP) is -1.18. The highest BCUT2D eigenvalue weighted by Gasteiger charge is 2.35. The number of carbonyl (C=O) groups excluding carboxylic acids is 2. The topological polar surface area (TPSA) is 97.3 Å². The Labute approximate surface area is 122 Å². The molecule has 2 aliphatic rings. The van der Waals surface area contributed by atoms with Crippen LogP contribution in [0.5, 0.6) is 0 Å². The molecule has 0 spiro atoms. The number of amides is 2. The number of hydrogen-bond acceptors (Lipinski definition) is 5. The summed E-state index contributed by atoms with van der Waals surface area (Å²) in [6, 6.07) is 0. The first-order valence-corrected chi connectivity index (χ1v) is 7.33. The van der Waals surface area contributed by atoms with Crippen molar-refractivity contribution in [3.63, 3.8) is 0 Å². The van der Waals surface area contributed by atoms with Crippen LogP contribution in [-0.2, 0) is 22.7 Å². The van der Waals surface area contributed by atoms with Crippen LogP contribution in [0.1, 0.15) is 18.5 Å². The van der Waals surface area contributed by atoms with Crippen molar-refractivity contribution in [2.45, 2.75) is 25.9 Å². The van der Waals surface area contributed by atoms with Gasteiger partial charge < -0.3 is 15.5 Å². The summed E-state index contributed by atoms with van der Waals surface area (Å²) in [5.74, 6) is 0.505. The van der Waals surface area contributed by atoms with Crippen LogP contribution in [0.2, 0.25) is 0 Å². The first-order chi connectivity index (χ1) is 10.2. The smallest absolute Gasteiger partial charge is 0.244 e. The van der Waals surface area contributed by atoms with E-state index in [0.717, 1.165) is 12.8 Å². The van der Waals surface area contributed by atoms with Gasteiger partial charge in [0.15, 0.2) is 0 Å². The molecular formula is C13H20N6O2. The van der Waals surface area contributed by atoms with Crippen molar-refractivity contribution in [2.75, 3.05) is 26.2 Å². The first-order valence-electron chi connectivity index (χ1n) is 7.33. The van der Waals surface area contributed by atoms with Gasteiger partial charge in [0.25, 0.3) is 0 Å². The second-order valence-corrected chi connectivity index (χ2v) is 5.59. The van der Waals surface area contributed by atoms with Crippen LogP contribution >= 0.6 is 0 Å². The van der Waals surface area contributed by atoms with Gasteiger partial charge in [-0.05, 0) is 12.8 Å². The fraction of sp³-hybridized carbons (Fsp3) is 0.692. The molecule has 8 nitrogen and oxygen atoms in total. The summed E-state index contributed by atoms with van der Waals surface area (Å²) < 4.78 is 1.51. The lowest BCUT2D eigenvalue weighted by Crippen LogP contribution is -2.51. The quantitative estimate of drug-likeness (QED) is 0.753. The molecule has 1 aromatic rings. The van der Waals surface area contributed by atoms with E-state index in [1.54, 1.807) is 11.1 Å². The Kier molecular flexibility index (Phi) is 3.87. The third kappa shape index (κ3) is 3.21. The van der Waals surface area contributed by atoms with E-state index in [1.165, 1.54) is 4.68 Å². The van der Waals surface area contributed by atoms with Crippen molar-refractivity contribution in [1.82, 2.24) is 24.8 Å². The predicted molar refractivity (Wildman–Crippen MR) is 73.8 cm³/mol. The number of carbonyl (C=O) groups is 2. The van der Waals surface area contributed by atoms with Gasteiger partial charge >= 0.3 is 0 Å². The van der Waals surface area contributed by atoms with Crippen molar-refractivity contribution in [3.05, 3.63) is 11.9 Å². The zero-order valence-electron chi connectivity index (χ0n) is 11.9. The average Bonchev–Trinajstić information content (AvgIpc) is 3.27. The lowest BCUT2D eigenvalue weighted by molar-refractivity contribution is -0.140. The standard InChI is InChI=1S/C13H20N6O2/c14-7-11-8-19(16-15-11)9-12(20)17-3-5-18(6-4-17)13(21)10-1-2-10/h8,10H,1-7,9,14H2. The van der Waals surface area contributed by atoms with E-state index in [0.29, 0.717) is 38.4 Å². The number of nitrogens with two attached hydrogens (primary N) is 1. The minimum Gasteiger partial charge on any atom is -0.339 e. The number of aromatic nitrogens is 3. The summed E-state index contributed by atoms with van der Waals surface area (Å²) in [7, 11) is 0. The summed E-state index contributed by atoms with van der Waals surface area (Å²) in [6.07, 6.45) is 3.73. The van der Waals surface area contributed by atoms with Gasteiger partial charge in [0.05, 0.1) is 11.9 Å². The Morgan fingerprint density at radius 2 is 1.86 bits per heavy atom. The lowest BCUT2D eigenvalue weighted by Gasteiger charge is -2.34. The van der Waals surface area contributed by atoms with Gasteiger partial charge in [0.2, 0.25) is 11.8 Å². The summed E-state index contributed by atoms with van der Waals surface area (Å²) in [4.78, 5) is 27.8. The third-order valence-electron chi connectivity index (χ3n) is 3.96. The normalized spacial score (nSPS) is 18.9. The fourth-order valence-corrected chi connectivity index (χ4v) is 2.51. The zero-order chi connectivity index (χ0) is 14.8. The SMILES string of the molecule is NCc1cn(CC(=O)N2CCN(C(=O)C3CC3)CC2)nn1. The van der Waals surface area contributed by atoms with Crippen LogP contribution in [0.15, 0.2) is 6.20 Å². The molecule has 0 aromatic carbocycles. The van der Waals surface area contributed by atoms with Crippen molar-refractivity contribution in [1.29, 1.82) is 0 Å². The molecule has 1 aliphatic carbocycles. The molecule has 114 valence electrons. The van der Waals surface area contributed by atoms with E-state index in [-0.39, 0.29) is 24.3 Å². The van der Waals surface area contributed by atoms with Gasteiger partial charge in [0, 0.05) is 38.6 Å². The van der Waals surface area contributed by atoms with E-state index in [9.17, 15) is 9.59 Å². The van der Waals surface area contributed by atoms with E-state index < -0.39 is 0 Å². The number of hydrogen-bond donors (Lipinski definition) is 1. The molecule has 0 atom stereocenters. The first kappa shape index (κ1) is 14.0. The molecule has 0 radical (unpaired) electrons. The maximum atomic E-state index is 12.2. The van der Waals surface area contributed by atoms with E-state index in [2.05, 4.69) is 10.3 Å². The van der Waals surface area contributed by atoms with Crippen molar-refractivity contribution >= 4 is 11.8 Å². The van der Waals surface area contributed by atoms with Gasteiger partial charge in [-0.15, -0.1) is 5.10 Å². The maximum Gasteiger partial charge on any atom is 0.244 e. The number of nitrogens with zero attached hydrogens (tertiary/aromatic N) is 5. The third-order valence-corrected chi connectivity index (χ3v) is 3.96. The van der Waals surface area contributed by atoms with Crippen LogP contribution in [0.4, 0.5) is 0 Å². The second-order valence-electron chi connectivity index (χ2n) is 5.59. The highest BCUT2D eigenvalue weighted by atomic mass is 16.2. The molecule has 1 saturated heterocycles. The molecule has 0 bridgehead atoms.